The number of nitrogens with zero attached hydrogens (tertiary/aromatic N) is 2. The summed E-state index contributed by atoms with van der Waals surface area (Å²) in [7, 11) is -3.76. The van der Waals surface area contributed by atoms with E-state index in [9.17, 15) is 26.4 Å². The molecule has 5 rings (SSSR count). The SMILES string of the molecule is CCCCc1cccc2c1C(C(=O)N(CC(F)(F)F)N1CCC(NS(=O)(=O)c3ccccc3)CC1)c1ccccc1-2. The Morgan fingerprint density at radius 2 is 1.61 bits per heavy atom. The van der Waals surface area contributed by atoms with Crippen molar-refractivity contribution in [3.05, 3.63) is 89.5 Å². The van der Waals surface area contributed by atoms with Crippen LogP contribution in [-0.4, -0.2) is 56.2 Å². The fourth-order valence-electron chi connectivity index (χ4n) is 5.93. The van der Waals surface area contributed by atoms with Gasteiger partial charge in [0.25, 0.3) is 0 Å². The Balaban J connectivity index is 1.41. The van der Waals surface area contributed by atoms with E-state index in [0.29, 0.717) is 5.56 Å². The third-order valence-corrected chi connectivity index (χ3v) is 9.40. The average molecular weight is 586 g/mol. The lowest BCUT2D eigenvalue weighted by molar-refractivity contribution is -0.194. The van der Waals surface area contributed by atoms with Crippen molar-refractivity contribution in [2.75, 3.05) is 19.6 Å². The molecule has 0 bridgehead atoms. The summed E-state index contributed by atoms with van der Waals surface area (Å²) in [4.78, 5) is 14.4. The fraction of sp³-hybridized carbons (Fsp3) is 0.387. The maximum absolute atomic E-state index is 14.2. The molecule has 1 N–H and O–H groups in total. The maximum atomic E-state index is 14.2. The quantitative estimate of drug-likeness (QED) is 0.340. The number of fused-ring (bicyclic) bond motifs is 3. The zero-order valence-corrected chi connectivity index (χ0v) is 23.7. The van der Waals surface area contributed by atoms with E-state index in [-0.39, 0.29) is 30.8 Å². The molecule has 0 aromatic heterocycles. The van der Waals surface area contributed by atoms with Crippen LogP contribution in [0.4, 0.5) is 13.2 Å². The van der Waals surface area contributed by atoms with E-state index in [1.807, 2.05) is 42.5 Å². The summed E-state index contributed by atoms with van der Waals surface area (Å²) in [6.45, 7) is 0.900. The monoisotopic (exact) mass is 585 g/mol. The number of benzene rings is 3. The predicted molar refractivity (Wildman–Crippen MR) is 151 cm³/mol. The van der Waals surface area contributed by atoms with Crippen molar-refractivity contribution in [3.63, 3.8) is 0 Å². The molecule has 0 radical (unpaired) electrons. The van der Waals surface area contributed by atoms with E-state index in [4.69, 9.17) is 0 Å². The summed E-state index contributed by atoms with van der Waals surface area (Å²) in [5, 5.41) is 2.30. The zero-order chi connectivity index (χ0) is 29.2. The minimum absolute atomic E-state index is 0.114. The third-order valence-electron chi connectivity index (χ3n) is 7.87. The lowest BCUT2D eigenvalue weighted by Crippen LogP contribution is -2.56. The van der Waals surface area contributed by atoms with E-state index in [0.717, 1.165) is 46.5 Å². The molecule has 0 saturated carbocycles. The van der Waals surface area contributed by atoms with Crippen LogP contribution in [0.15, 0.2) is 77.7 Å². The number of carbonyl (C=O) groups excluding carboxylic acids is 1. The van der Waals surface area contributed by atoms with Crippen molar-refractivity contribution in [1.82, 2.24) is 14.7 Å². The van der Waals surface area contributed by atoms with Gasteiger partial charge >= 0.3 is 6.18 Å². The molecule has 1 amide bonds. The van der Waals surface area contributed by atoms with Crippen molar-refractivity contribution in [1.29, 1.82) is 0 Å². The van der Waals surface area contributed by atoms with Crippen molar-refractivity contribution < 1.29 is 26.4 Å². The number of unbranched alkanes of at least 4 members (excludes halogenated alkanes) is 1. The predicted octanol–water partition coefficient (Wildman–Crippen LogP) is 5.89. The number of carbonyl (C=O) groups is 1. The van der Waals surface area contributed by atoms with Crippen LogP contribution < -0.4 is 4.72 Å². The second-order valence-electron chi connectivity index (χ2n) is 10.7. The highest BCUT2D eigenvalue weighted by Crippen LogP contribution is 2.47. The van der Waals surface area contributed by atoms with E-state index < -0.39 is 40.6 Å². The zero-order valence-electron chi connectivity index (χ0n) is 22.9. The smallest absolute Gasteiger partial charge is 0.272 e. The molecule has 0 spiro atoms. The number of sulfonamides is 1. The summed E-state index contributed by atoms with van der Waals surface area (Å²) in [5.74, 6) is -1.45. The average Bonchev–Trinajstić information content (AvgIpc) is 3.30. The van der Waals surface area contributed by atoms with E-state index >= 15 is 0 Å². The fourth-order valence-corrected chi connectivity index (χ4v) is 7.25. The molecule has 6 nitrogen and oxygen atoms in total. The number of piperidine rings is 1. The summed E-state index contributed by atoms with van der Waals surface area (Å²) in [6, 6.07) is 20.8. The van der Waals surface area contributed by atoms with Gasteiger partial charge in [0.1, 0.15) is 6.54 Å². The molecular weight excluding hydrogens is 551 g/mol. The first kappa shape index (κ1) is 29.3. The van der Waals surface area contributed by atoms with Crippen molar-refractivity contribution in [2.24, 2.45) is 0 Å². The van der Waals surface area contributed by atoms with Gasteiger partial charge in [0.05, 0.1) is 10.8 Å². The highest BCUT2D eigenvalue weighted by molar-refractivity contribution is 7.89. The molecule has 1 aliphatic heterocycles. The largest absolute Gasteiger partial charge is 0.407 e. The van der Waals surface area contributed by atoms with Gasteiger partial charge in [0, 0.05) is 19.1 Å². The Bertz CT molecular complexity index is 1490. The number of alkyl halides is 3. The standard InChI is InChI=1S/C31H34F3N3O3S/c1-2-3-10-22-11-9-16-26-25-14-7-8-15-27(25)29(28(22)26)30(38)37(21-31(32,33)34)36-19-17-23(18-20-36)35-41(39,40)24-12-5-4-6-13-24/h4-9,11-16,23,29,35H,2-3,10,17-21H2,1H3. The first-order valence-electron chi connectivity index (χ1n) is 14.0. The van der Waals surface area contributed by atoms with Crippen molar-refractivity contribution in [2.45, 2.75) is 62.1 Å². The van der Waals surface area contributed by atoms with Gasteiger partial charge < -0.3 is 0 Å². The van der Waals surface area contributed by atoms with Crippen LogP contribution in [0.3, 0.4) is 0 Å². The second-order valence-corrected chi connectivity index (χ2v) is 12.4. The Kier molecular flexibility index (Phi) is 8.54. The number of aryl methyl sites for hydroxylation is 1. The Labute approximate surface area is 239 Å². The van der Waals surface area contributed by atoms with Gasteiger partial charge in [-0.3, -0.25) is 9.80 Å². The normalized spacial score (nSPS) is 17.7. The van der Waals surface area contributed by atoms with Crippen molar-refractivity contribution in [3.8, 4) is 11.1 Å². The van der Waals surface area contributed by atoms with Crippen LogP contribution in [0.2, 0.25) is 0 Å². The van der Waals surface area contributed by atoms with Crippen LogP contribution in [0.5, 0.6) is 0 Å². The van der Waals surface area contributed by atoms with Gasteiger partial charge in [-0.25, -0.2) is 18.1 Å². The number of hydrogen-bond donors (Lipinski definition) is 1. The first-order valence-corrected chi connectivity index (χ1v) is 15.5. The molecule has 1 fully saturated rings. The second kappa shape index (κ2) is 12.0. The molecule has 218 valence electrons. The van der Waals surface area contributed by atoms with Gasteiger partial charge in [0.15, 0.2) is 0 Å². The number of hydrogen-bond acceptors (Lipinski definition) is 4. The summed E-state index contributed by atoms with van der Waals surface area (Å²) in [5.41, 5.74) is 4.27. The molecular formula is C31H34F3N3O3S. The Hall–Kier alpha value is -3.21. The van der Waals surface area contributed by atoms with Crippen molar-refractivity contribution >= 4 is 15.9 Å². The number of hydrazine groups is 1. The molecule has 1 heterocycles. The molecule has 3 aromatic carbocycles. The minimum Gasteiger partial charge on any atom is -0.272 e. The van der Waals surface area contributed by atoms with Gasteiger partial charge in [0.2, 0.25) is 15.9 Å². The molecule has 2 aliphatic rings. The number of halogens is 3. The lowest BCUT2D eigenvalue weighted by Gasteiger charge is -2.41. The molecule has 10 heteroatoms. The first-order chi connectivity index (χ1) is 19.6. The molecule has 1 aliphatic carbocycles. The third kappa shape index (κ3) is 6.34. The van der Waals surface area contributed by atoms with Crippen LogP contribution in [0, 0.1) is 0 Å². The van der Waals surface area contributed by atoms with Crippen LogP contribution in [-0.2, 0) is 21.2 Å². The van der Waals surface area contributed by atoms with Gasteiger partial charge in [-0.05, 0) is 65.6 Å². The highest BCUT2D eigenvalue weighted by atomic mass is 32.2. The summed E-state index contributed by atoms with van der Waals surface area (Å²) >= 11 is 0. The van der Waals surface area contributed by atoms with Crippen LogP contribution in [0.1, 0.15) is 55.2 Å². The van der Waals surface area contributed by atoms with Gasteiger partial charge in [-0.2, -0.15) is 13.2 Å². The molecule has 1 unspecified atom stereocenters. The maximum Gasteiger partial charge on any atom is 0.407 e. The minimum atomic E-state index is -4.61. The molecule has 41 heavy (non-hydrogen) atoms. The Morgan fingerprint density at radius 3 is 2.29 bits per heavy atom. The highest BCUT2D eigenvalue weighted by Gasteiger charge is 2.44. The van der Waals surface area contributed by atoms with E-state index in [2.05, 4.69) is 11.6 Å². The number of amides is 1. The lowest BCUT2D eigenvalue weighted by atomic mass is 9.89. The van der Waals surface area contributed by atoms with Gasteiger partial charge in [-0.15, -0.1) is 0 Å². The number of rotatable bonds is 9. The topological polar surface area (TPSA) is 69.7 Å². The molecule has 3 aromatic rings. The number of nitrogens with one attached hydrogen (secondary N) is 1. The summed E-state index contributed by atoms with van der Waals surface area (Å²) in [6.07, 6.45) is -1.46. The van der Waals surface area contributed by atoms with Gasteiger partial charge in [-0.1, -0.05) is 74.0 Å². The summed E-state index contributed by atoms with van der Waals surface area (Å²) < 4.78 is 70.0. The van der Waals surface area contributed by atoms with Crippen LogP contribution in [0.25, 0.3) is 11.1 Å². The van der Waals surface area contributed by atoms with Crippen LogP contribution >= 0.6 is 0 Å². The van der Waals surface area contributed by atoms with E-state index in [1.54, 1.807) is 18.2 Å². The Morgan fingerprint density at radius 1 is 0.951 bits per heavy atom. The molecule has 1 saturated heterocycles. The molecule has 1 atom stereocenters. The van der Waals surface area contributed by atoms with E-state index in [1.165, 1.54) is 17.1 Å².